The van der Waals surface area contributed by atoms with Crippen molar-refractivity contribution >= 4 is 0 Å². The van der Waals surface area contributed by atoms with E-state index in [4.69, 9.17) is 9.32 Å². The van der Waals surface area contributed by atoms with E-state index in [0.717, 1.165) is 0 Å². The molecule has 0 aromatic carbocycles. The van der Waals surface area contributed by atoms with E-state index >= 15 is 0 Å². The Morgan fingerprint density at radius 1 is 1.60 bits per heavy atom. The van der Waals surface area contributed by atoms with Crippen molar-refractivity contribution in [3.63, 3.8) is 0 Å². The maximum Gasteiger partial charge on any atom is 1.00 e. The van der Waals surface area contributed by atoms with E-state index in [2.05, 4.69) is 0 Å². The fraction of sp³-hybridized carbons (Fsp3) is 0. The average molecular weight is 108 g/mol. The van der Waals surface area contributed by atoms with Crippen LogP contribution in [0.5, 0.6) is 0 Å². The molecule has 0 atom stereocenters. The molecule has 0 aromatic rings. The third kappa shape index (κ3) is 38.0. The van der Waals surface area contributed by atoms with Gasteiger partial charge in [0.2, 0.25) is 0 Å². The van der Waals surface area contributed by atoms with E-state index < -0.39 is 0 Å². The van der Waals surface area contributed by atoms with Gasteiger partial charge in [-0.2, -0.15) is 0 Å². The zero-order valence-electron chi connectivity index (χ0n) is 2.68. The fourth-order valence-electron chi connectivity index (χ4n) is 0. The molecule has 0 amide bonds. The first-order valence-electron chi connectivity index (χ1n) is 0.323. The van der Waals surface area contributed by atoms with Crippen molar-refractivity contribution < 1.29 is 55.7 Å². The molecule has 0 fully saturated rings. The second-order valence-electron chi connectivity index (χ2n) is 0.0690. The molecule has 0 bridgehead atoms. The maximum absolute atomic E-state index is 8.35. The Morgan fingerprint density at radius 2 is 1.60 bits per heavy atom. The Balaban J connectivity index is -0.0000000200. The van der Waals surface area contributed by atoms with Gasteiger partial charge >= 0.3 is 40.9 Å². The predicted octanol–water partition coefficient (Wildman–Crippen LogP) is -4.92. The molecule has 0 spiro atoms. The Labute approximate surface area is 55.7 Å². The summed E-state index contributed by atoms with van der Waals surface area (Å²) in [7, 11) is 0. The molecule has 2 N–H and O–H groups in total. The van der Waals surface area contributed by atoms with Crippen molar-refractivity contribution in [2.75, 3.05) is 0 Å². The van der Waals surface area contributed by atoms with Crippen molar-refractivity contribution in [1.82, 2.24) is 0 Å². The molecule has 0 rings (SSSR count). The van der Waals surface area contributed by atoms with Gasteiger partial charge in [0.1, 0.15) is 0 Å². The molecule has 0 aliphatic heterocycles. The predicted molar refractivity (Wildman–Crippen MR) is 4.15 cm³/mol. The molecule has 0 radical (unpaired) electrons. The van der Waals surface area contributed by atoms with Crippen molar-refractivity contribution in [3.05, 3.63) is 0 Å². The SMILES string of the molecule is [Na+].[O-][Cl+]O.[OH-]. The van der Waals surface area contributed by atoms with Crippen LogP contribution in [0.25, 0.3) is 0 Å². The van der Waals surface area contributed by atoms with Gasteiger partial charge in [-0.25, -0.2) is 0 Å². The van der Waals surface area contributed by atoms with Gasteiger partial charge in [0.15, 0.2) is 0 Å². The van der Waals surface area contributed by atoms with Gasteiger partial charge in [0.05, 0.1) is 0 Å². The summed E-state index contributed by atoms with van der Waals surface area (Å²) < 4.78 is 15.2. The van der Waals surface area contributed by atoms with Crippen LogP contribution in [0.2, 0.25) is 0 Å². The van der Waals surface area contributed by atoms with Gasteiger partial charge < -0.3 is 10.1 Å². The van der Waals surface area contributed by atoms with Crippen LogP contribution >= 0.6 is 0 Å². The van der Waals surface area contributed by atoms with Crippen LogP contribution in [0.4, 0.5) is 0 Å². The normalized spacial score (nSPS) is 3.60. The van der Waals surface area contributed by atoms with Gasteiger partial charge in [0, 0.05) is 0 Å². The van der Waals surface area contributed by atoms with E-state index in [0.29, 0.717) is 0 Å². The Bertz CT molecular complexity index is 6.85. The molecule has 0 unspecified atom stereocenters. The molecule has 0 saturated carbocycles. The Hall–Kier alpha value is 1.17. The van der Waals surface area contributed by atoms with E-state index in [-0.39, 0.29) is 46.4 Å². The fourth-order valence-corrected chi connectivity index (χ4v) is 0. The summed E-state index contributed by atoms with van der Waals surface area (Å²) in [6.07, 6.45) is 0. The monoisotopic (exact) mass is 108 g/mol. The molecule has 28 valence electrons. The second kappa shape index (κ2) is 19.1. The molecule has 3 nitrogen and oxygen atoms in total. The van der Waals surface area contributed by atoms with Crippen LogP contribution in [-0.2, 0) is 0 Å². The first-order valence-corrected chi connectivity index (χ1v) is 0.970. The molecule has 0 aromatic heterocycles. The zero-order chi connectivity index (χ0) is 2.71. The minimum absolute atomic E-state index is 0. The molecule has 0 aliphatic carbocycles. The Kier molecular flexibility index (Phi) is 62.7. The molecule has 0 saturated heterocycles. The minimum atomic E-state index is -0.167. The van der Waals surface area contributed by atoms with Crippen molar-refractivity contribution in [2.45, 2.75) is 0 Å². The largest absolute Gasteiger partial charge is 1.00 e. The average Bonchev–Trinajstić information content (AvgIpc) is 0.918. The van der Waals surface area contributed by atoms with Crippen LogP contribution in [0.3, 0.4) is 0 Å². The van der Waals surface area contributed by atoms with Crippen LogP contribution in [-0.4, -0.2) is 10.1 Å². The van der Waals surface area contributed by atoms with Crippen LogP contribution in [0.1, 0.15) is 0 Å². The Morgan fingerprint density at radius 3 is 1.60 bits per heavy atom. The molecular formula is H2ClNaO3. The maximum atomic E-state index is 8.35. The quantitative estimate of drug-likeness (QED) is 0.316. The zero-order valence-corrected chi connectivity index (χ0v) is 5.44. The first kappa shape index (κ1) is 16.4. The van der Waals surface area contributed by atoms with Crippen LogP contribution in [0, 0.1) is 11.3 Å². The van der Waals surface area contributed by atoms with Crippen LogP contribution in [0.15, 0.2) is 0 Å². The number of rotatable bonds is 0. The number of hydrogen-bond donors (Lipinski definition) is 1. The number of halogens is 1. The summed E-state index contributed by atoms with van der Waals surface area (Å²) in [6.45, 7) is 0. The second-order valence-corrected chi connectivity index (χ2v) is 0.207. The van der Waals surface area contributed by atoms with Gasteiger partial charge in [0.25, 0.3) is 0 Å². The molecular weight excluding hydrogens is 106 g/mol. The summed E-state index contributed by atoms with van der Waals surface area (Å²) in [5.74, 6) is 0. The summed E-state index contributed by atoms with van der Waals surface area (Å²) in [5, 5.41) is 0. The topological polar surface area (TPSA) is 73.3 Å². The summed E-state index contributed by atoms with van der Waals surface area (Å²) in [6, 6.07) is 0. The summed E-state index contributed by atoms with van der Waals surface area (Å²) >= 11 is -0.167. The van der Waals surface area contributed by atoms with E-state index in [9.17, 15) is 0 Å². The van der Waals surface area contributed by atoms with E-state index in [1.165, 1.54) is 0 Å². The van der Waals surface area contributed by atoms with Crippen molar-refractivity contribution in [1.29, 1.82) is 0 Å². The number of hydrogen-bond acceptors (Lipinski definition) is 3. The summed E-state index contributed by atoms with van der Waals surface area (Å²) in [5.41, 5.74) is 0. The molecule has 0 heterocycles. The molecule has 0 aliphatic rings. The van der Waals surface area contributed by atoms with Gasteiger partial charge in [-0.05, 0) is 0 Å². The minimum Gasteiger partial charge on any atom is -0.870 e. The summed E-state index contributed by atoms with van der Waals surface area (Å²) in [4.78, 5) is 0. The van der Waals surface area contributed by atoms with Crippen molar-refractivity contribution in [2.24, 2.45) is 0 Å². The van der Waals surface area contributed by atoms with E-state index in [1.54, 1.807) is 0 Å². The van der Waals surface area contributed by atoms with Crippen molar-refractivity contribution in [3.8, 4) is 0 Å². The first-order chi connectivity index (χ1) is 1.41. The van der Waals surface area contributed by atoms with Crippen LogP contribution < -0.4 is 34.2 Å². The van der Waals surface area contributed by atoms with Gasteiger partial charge in [-0.15, -0.1) is 4.66 Å². The standard InChI is InChI=1S/ClHO2.Na.H2O/c2-1-3;;/h2H;;1H2/q;+1;/p-1. The smallest absolute Gasteiger partial charge is 0.870 e. The third-order valence-corrected chi connectivity index (χ3v) is 0. The molecule has 5 heavy (non-hydrogen) atoms. The van der Waals surface area contributed by atoms with Gasteiger partial charge in [-0.1, -0.05) is 0 Å². The van der Waals surface area contributed by atoms with E-state index in [1.807, 2.05) is 0 Å². The molecule has 5 heteroatoms. The van der Waals surface area contributed by atoms with Gasteiger partial charge in [-0.3, -0.25) is 0 Å². The third-order valence-electron chi connectivity index (χ3n) is 0.